The molecule has 0 aliphatic carbocycles. The minimum atomic E-state index is -0.215. The topological polar surface area (TPSA) is 71.9 Å². The van der Waals surface area contributed by atoms with Crippen molar-refractivity contribution in [1.29, 1.82) is 0 Å². The maximum Gasteiger partial charge on any atom is 0.279 e. The summed E-state index contributed by atoms with van der Waals surface area (Å²) in [6, 6.07) is 24.2. The molecule has 160 valence electrons. The van der Waals surface area contributed by atoms with Crippen molar-refractivity contribution >= 4 is 23.2 Å². The van der Waals surface area contributed by atoms with E-state index in [0.717, 1.165) is 18.8 Å². The van der Waals surface area contributed by atoms with Gasteiger partial charge in [0.2, 0.25) is 0 Å². The van der Waals surface area contributed by atoms with Crippen molar-refractivity contribution in [3.05, 3.63) is 90.0 Å². The SMILES string of the molecule is CC[NH+](CC(=O)Nc1ccc(C(=O)Nc2ccc(OC)cc2)cc1)Cc1ccccc1. The number of rotatable bonds is 9. The molecule has 0 saturated carbocycles. The smallest absolute Gasteiger partial charge is 0.279 e. The van der Waals surface area contributed by atoms with E-state index in [-0.39, 0.29) is 11.8 Å². The van der Waals surface area contributed by atoms with Crippen molar-refractivity contribution in [2.45, 2.75) is 13.5 Å². The first-order valence-corrected chi connectivity index (χ1v) is 10.3. The largest absolute Gasteiger partial charge is 0.497 e. The molecule has 3 aromatic rings. The highest BCUT2D eigenvalue weighted by Crippen LogP contribution is 2.16. The minimum Gasteiger partial charge on any atom is -0.497 e. The van der Waals surface area contributed by atoms with Crippen LogP contribution in [-0.4, -0.2) is 32.0 Å². The number of carbonyl (C=O) groups is 2. The van der Waals surface area contributed by atoms with Gasteiger partial charge >= 0.3 is 0 Å². The Bertz CT molecular complexity index is 987. The molecule has 0 saturated heterocycles. The number of carbonyl (C=O) groups excluding carboxylic acids is 2. The Labute approximate surface area is 182 Å². The number of quaternary nitrogens is 1. The molecule has 0 aliphatic heterocycles. The third kappa shape index (κ3) is 6.69. The van der Waals surface area contributed by atoms with Gasteiger partial charge in [0.05, 0.1) is 13.7 Å². The van der Waals surface area contributed by atoms with Gasteiger partial charge in [0.15, 0.2) is 6.54 Å². The molecule has 6 nitrogen and oxygen atoms in total. The Kier molecular flexibility index (Phi) is 7.79. The molecular weight excluding hydrogens is 390 g/mol. The molecule has 3 rings (SSSR count). The van der Waals surface area contributed by atoms with Gasteiger partial charge in [-0.15, -0.1) is 0 Å². The summed E-state index contributed by atoms with van der Waals surface area (Å²) >= 11 is 0. The maximum atomic E-state index is 12.5. The van der Waals surface area contributed by atoms with Crippen LogP contribution in [0.15, 0.2) is 78.9 Å². The van der Waals surface area contributed by atoms with Gasteiger partial charge in [-0.3, -0.25) is 9.59 Å². The van der Waals surface area contributed by atoms with Crippen molar-refractivity contribution in [2.24, 2.45) is 0 Å². The van der Waals surface area contributed by atoms with E-state index in [4.69, 9.17) is 4.74 Å². The summed E-state index contributed by atoms with van der Waals surface area (Å²) in [7, 11) is 1.60. The van der Waals surface area contributed by atoms with Crippen LogP contribution in [0.2, 0.25) is 0 Å². The van der Waals surface area contributed by atoms with Crippen LogP contribution in [0.1, 0.15) is 22.8 Å². The second-order valence-corrected chi connectivity index (χ2v) is 7.25. The number of methoxy groups -OCH3 is 1. The fourth-order valence-electron chi connectivity index (χ4n) is 3.21. The summed E-state index contributed by atoms with van der Waals surface area (Å²) < 4.78 is 5.12. The first-order valence-electron chi connectivity index (χ1n) is 10.3. The molecule has 6 heteroatoms. The van der Waals surface area contributed by atoms with Crippen molar-refractivity contribution in [3.63, 3.8) is 0 Å². The fraction of sp³-hybridized carbons (Fsp3) is 0.200. The van der Waals surface area contributed by atoms with E-state index in [0.29, 0.717) is 23.5 Å². The molecule has 1 atom stereocenters. The van der Waals surface area contributed by atoms with Gasteiger partial charge in [-0.2, -0.15) is 0 Å². The molecule has 0 heterocycles. The molecule has 1 unspecified atom stereocenters. The summed E-state index contributed by atoms with van der Waals surface area (Å²) in [5.74, 6) is 0.459. The van der Waals surface area contributed by atoms with E-state index in [1.165, 1.54) is 10.5 Å². The van der Waals surface area contributed by atoms with E-state index in [1.54, 1.807) is 55.6 Å². The molecule has 0 spiro atoms. The van der Waals surface area contributed by atoms with Crippen LogP contribution in [0.3, 0.4) is 0 Å². The number of amides is 2. The fourth-order valence-corrected chi connectivity index (χ4v) is 3.21. The summed E-state index contributed by atoms with van der Waals surface area (Å²) in [6.07, 6.45) is 0. The van der Waals surface area contributed by atoms with Gasteiger partial charge in [0.1, 0.15) is 12.3 Å². The zero-order valence-electron chi connectivity index (χ0n) is 17.9. The minimum absolute atomic E-state index is 0.0526. The Morgan fingerprint density at radius 1 is 0.839 bits per heavy atom. The quantitative estimate of drug-likeness (QED) is 0.500. The average Bonchev–Trinajstić information content (AvgIpc) is 2.80. The first kappa shape index (κ1) is 22.1. The number of hydrogen-bond donors (Lipinski definition) is 3. The Hall–Kier alpha value is -3.64. The summed E-state index contributed by atoms with van der Waals surface area (Å²) in [4.78, 5) is 26.1. The highest BCUT2D eigenvalue weighted by molar-refractivity contribution is 6.04. The standard InChI is InChI=1S/C25H27N3O3/c1-3-28(17-19-7-5-4-6-8-19)18-24(29)26-21-11-9-20(10-12-21)25(30)27-22-13-15-23(31-2)16-14-22/h4-16H,3,17-18H2,1-2H3,(H,26,29)(H,27,30)/p+1. The summed E-state index contributed by atoms with van der Waals surface area (Å²) in [5.41, 5.74) is 3.07. The van der Waals surface area contributed by atoms with Crippen molar-refractivity contribution in [2.75, 3.05) is 30.8 Å². The Morgan fingerprint density at radius 3 is 2.06 bits per heavy atom. The molecule has 3 aromatic carbocycles. The molecule has 0 radical (unpaired) electrons. The van der Waals surface area contributed by atoms with Crippen LogP contribution in [0, 0.1) is 0 Å². The number of benzene rings is 3. The lowest BCUT2D eigenvalue weighted by atomic mass is 10.2. The zero-order chi connectivity index (χ0) is 22.1. The van der Waals surface area contributed by atoms with Gasteiger partial charge in [0, 0.05) is 22.5 Å². The first-order chi connectivity index (χ1) is 15.1. The molecule has 3 N–H and O–H groups in total. The summed E-state index contributed by atoms with van der Waals surface area (Å²) in [6.45, 7) is 4.11. The lowest BCUT2D eigenvalue weighted by molar-refractivity contribution is -0.903. The van der Waals surface area contributed by atoms with Crippen molar-refractivity contribution in [1.82, 2.24) is 0 Å². The van der Waals surface area contributed by atoms with Crippen molar-refractivity contribution < 1.29 is 19.2 Å². The number of ether oxygens (including phenoxy) is 1. The van der Waals surface area contributed by atoms with Gasteiger partial charge in [-0.05, 0) is 55.5 Å². The second-order valence-electron chi connectivity index (χ2n) is 7.25. The molecule has 0 fully saturated rings. The molecule has 0 aliphatic rings. The normalized spacial score (nSPS) is 11.4. The third-order valence-electron chi connectivity index (χ3n) is 4.99. The van der Waals surface area contributed by atoms with E-state index in [2.05, 4.69) is 29.7 Å². The highest BCUT2D eigenvalue weighted by Gasteiger charge is 2.14. The number of nitrogens with one attached hydrogen (secondary N) is 3. The average molecular weight is 419 g/mol. The van der Waals surface area contributed by atoms with Gasteiger partial charge in [0.25, 0.3) is 11.8 Å². The van der Waals surface area contributed by atoms with Gasteiger partial charge < -0.3 is 20.3 Å². The van der Waals surface area contributed by atoms with Gasteiger partial charge in [-0.1, -0.05) is 30.3 Å². The van der Waals surface area contributed by atoms with E-state index < -0.39 is 0 Å². The van der Waals surface area contributed by atoms with Crippen LogP contribution >= 0.6 is 0 Å². The molecule has 31 heavy (non-hydrogen) atoms. The second kappa shape index (κ2) is 10.9. The highest BCUT2D eigenvalue weighted by atomic mass is 16.5. The Morgan fingerprint density at radius 2 is 1.45 bits per heavy atom. The zero-order valence-corrected chi connectivity index (χ0v) is 17.9. The predicted octanol–water partition coefficient (Wildman–Crippen LogP) is 2.99. The number of likely N-dealkylation sites (N-methyl/N-ethyl adjacent to an activating group) is 1. The maximum absolute atomic E-state index is 12.5. The van der Waals surface area contributed by atoms with E-state index in [1.807, 2.05) is 18.2 Å². The van der Waals surface area contributed by atoms with Crippen molar-refractivity contribution in [3.8, 4) is 5.75 Å². The summed E-state index contributed by atoms with van der Waals surface area (Å²) in [5, 5.41) is 5.76. The monoisotopic (exact) mass is 418 g/mol. The molecular formula is C25H28N3O3+. The van der Waals surface area contributed by atoms with Crippen LogP contribution in [0.4, 0.5) is 11.4 Å². The predicted molar refractivity (Wildman–Crippen MR) is 123 cm³/mol. The van der Waals surface area contributed by atoms with Gasteiger partial charge in [-0.25, -0.2) is 0 Å². The Balaban J connectivity index is 1.52. The van der Waals surface area contributed by atoms with Crippen LogP contribution < -0.4 is 20.3 Å². The molecule has 0 aromatic heterocycles. The number of anilines is 2. The lowest BCUT2D eigenvalue weighted by Gasteiger charge is -2.17. The molecule has 0 bridgehead atoms. The number of hydrogen-bond acceptors (Lipinski definition) is 3. The van der Waals surface area contributed by atoms with E-state index in [9.17, 15) is 9.59 Å². The van der Waals surface area contributed by atoms with E-state index >= 15 is 0 Å². The molecule has 2 amide bonds. The van der Waals surface area contributed by atoms with Crippen LogP contribution in [-0.2, 0) is 11.3 Å². The third-order valence-corrected chi connectivity index (χ3v) is 4.99. The van der Waals surface area contributed by atoms with Crippen LogP contribution in [0.25, 0.3) is 0 Å². The van der Waals surface area contributed by atoms with Crippen LogP contribution in [0.5, 0.6) is 5.75 Å². The lowest BCUT2D eigenvalue weighted by Crippen LogP contribution is -3.11.